The highest BCUT2D eigenvalue weighted by molar-refractivity contribution is 7.80. The molecule has 2 aromatic rings. The van der Waals surface area contributed by atoms with E-state index in [1.807, 2.05) is 44.2 Å². The fourth-order valence-electron chi connectivity index (χ4n) is 2.40. The summed E-state index contributed by atoms with van der Waals surface area (Å²) >= 11 is 5.46. The lowest BCUT2D eigenvalue weighted by Crippen LogP contribution is -2.19. The van der Waals surface area contributed by atoms with Crippen LogP contribution in [0.25, 0.3) is 0 Å². The molecule has 0 unspecified atom stereocenters. The van der Waals surface area contributed by atoms with Crippen molar-refractivity contribution in [3.05, 3.63) is 48.0 Å². The summed E-state index contributed by atoms with van der Waals surface area (Å²) in [7, 11) is 0. The molecule has 0 saturated heterocycles. The Morgan fingerprint density at radius 2 is 1.76 bits per heavy atom. The third kappa shape index (κ3) is 5.64. The number of rotatable bonds is 7. The average molecular weight is 359 g/mol. The number of ether oxygens (including phenoxy) is 2. The Morgan fingerprint density at radius 3 is 2.44 bits per heavy atom. The monoisotopic (exact) mass is 358 g/mol. The van der Waals surface area contributed by atoms with Crippen molar-refractivity contribution in [2.75, 3.05) is 23.8 Å². The van der Waals surface area contributed by atoms with Gasteiger partial charge in [-0.2, -0.15) is 0 Å². The summed E-state index contributed by atoms with van der Waals surface area (Å²) in [5, 5.41) is 6.95. The maximum atomic E-state index is 5.67. The summed E-state index contributed by atoms with van der Waals surface area (Å²) in [6.07, 6.45) is 0. The molecule has 0 aliphatic heterocycles. The molecular weight excluding hydrogens is 332 g/mol. The van der Waals surface area contributed by atoms with Crippen molar-refractivity contribution < 1.29 is 9.47 Å². The Hall–Kier alpha value is -2.27. The molecule has 0 aromatic heterocycles. The summed E-state index contributed by atoms with van der Waals surface area (Å²) in [6, 6.07) is 13.9. The summed E-state index contributed by atoms with van der Waals surface area (Å²) in [5.41, 5.74) is 3.01. The van der Waals surface area contributed by atoms with E-state index in [1.165, 1.54) is 5.56 Å². The molecule has 0 radical (unpaired) electrons. The van der Waals surface area contributed by atoms with Gasteiger partial charge in [0.05, 0.1) is 18.9 Å². The standard InChI is InChI=1S/C20H26N2O2S/c1-5-23-17-10-11-19(24-6-2)18(13-17)22-20(25)21-16-9-7-8-15(12-16)14(3)4/h7-14H,5-6H2,1-4H3,(H2,21,22,25). The number of benzene rings is 2. The summed E-state index contributed by atoms with van der Waals surface area (Å²) in [4.78, 5) is 0. The number of hydrogen-bond donors (Lipinski definition) is 2. The van der Waals surface area contributed by atoms with Crippen LogP contribution in [-0.4, -0.2) is 18.3 Å². The zero-order chi connectivity index (χ0) is 18.2. The summed E-state index contributed by atoms with van der Waals surface area (Å²) < 4.78 is 11.2. The Balaban J connectivity index is 2.13. The third-order valence-corrected chi connectivity index (χ3v) is 3.83. The van der Waals surface area contributed by atoms with Crippen molar-refractivity contribution in [2.45, 2.75) is 33.6 Å². The van der Waals surface area contributed by atoms with E-state index in [4.69, 9.17) is 21.7 Å². The minimum absolute atomic E-state index is 0.468. The van der Waals surface area contributed by atoms with E-state index in [2.05, 4.69) is 36.6 Å². The first-order valence-electron chi connectivity index (χ1n) is 8.61. The largest absolute Gasteiger partial charge is 0.494 e. The molecular formula is C20H26N2O2S. The molecule has 0 saturated carbocycles. The van der Waals surface area contributed by atoms with Crippen molar-refractivity contribution in [1.82, 2.24) is 0 Å². The van der Waals surface area contributed by atoms with E-state index >= 15 is 0 Å². The van der Waals surface area contributed by atoms with E-state index in [1.54, 1.807) is 0 Å². The van der Waals surface area contributed by atoms with Gasteiger partial charge in [0, 0.05) is 11.8 Å². The minimum Gasteiger partial charge on any atom is -0.494 e. The smallest absolute Gasteiger partial charge is 0.175 e. The van der Waals surface area contributed by atoms with Crippen LogP contribution < -0.4 is 20.1 Å². The Kier molecular flexibility index (Phi) is 7.07. The summed E-state index contributed by atoms with van der Waals surface area (Å²) in [6.45, 7) is 9.44. The number of hydrogen-bond acceptors (Lipinski definition) is 3. The fourth-order valence-corrected chi connectivity index (χ4v) is 2.63. The quantitative estimate of drug-likeness (QED) is 0.647. The van der Waals surface area contributed by atoms with Crippen molar-refractivity contribution in [1.29, 1.82) is 0 Å². The first kappa shape index (κ1) is 19.1. The second-order valence-electron chi connectivity index (χ2n) is 5.88. The van der Waals surface area contributed by atoms with E-state index in [0.717, 1.165) is 22.9 Å². The first-order valence-corrected chi connectivity index (χ1v) is 9.01. The Labute approximate surface area is 155 Å². The highest BCUT2D eigenvalue weighted by Gasteiger charge is 2.09. The van der Waals surface area contributed by atoms with Crippen LogP contribution in [0.15, 0.2) is 42.5 Å². The third-order valence-electron chi connectivity index (χ3n) is 3.62. The lowest BCUT2D eigenvalue weighted by molar-refractivity contribution is 0.332. The van der Waals surface area contributed by atoms with Crippen LogP contribution in [0.1, 0.15) is 39.2 Å². The van der Waals surface area contributed by atoms with Crippen LogP contribution in [0.2, 0.25) is 0 Å². The summed E-state index contributed by atoms with van der Waals surface area (Å²) in [5.74, 6) is 1.99. The molecule has 2 aromatic carbocycles. The van der Waals surface area contributed by atoms with Crippen molar-refractivity contribution in [3.8, 4) is 11.5 Å². The van der Waals surface area contributed by atoms with E-state index in [-0.39, 0.29) is 0 Å². The van der Waals surface area contributed by atoms with Gasteiger partial charge in [0.1, 0.15) is 11.5 Å². The van der Waals surface area contributed by atoms with Gasteiger partial charge in [-0.3, -0.25) is 0 Å². The molecule has 134 valence electrons. The molecule has 5 heteroatoms. The van der Waals surface area contributed by atoms with Gasteiger partial charge in [-0.1, -0.05) is 26.0 Å². The van der Waals surface area contributed by atoms with Gasteiger partial charge >= 0.3 is 0 Å². The van der Waals surface area contributed by atoms with Crippen LogP contribution in [0.4, 0.5) is 11.4 Å². The molecule has 2 rings (SSSR count). The van der Waals surface area contributed by atoms with Gasteiger partial charge in [-0.15, -0.1) is 0 Å². The van der Waals surface area contributed by atoms with E-state index < -0.39 is 0 Å². The van der Waals surface area contributed by atoms with E-state index in [0.29, 0.717) is 24.2 Å². The van der Waals surface area contributed by atoms with Crippen LogP contribution >= 0.6 is 12.2 Å². The molecule has 0 fully saturated rings. The van der Waals surface area contributed by atoms with Crippen LogP contribution in [-0.2, 0) is 0 Å². The normalized spacial score (nSPS) is 10.4. The number of thiocarbonyl (C=S) groups is 1. The van der Waals surface area contributed by atoms with Crippen LogP contribution in [0.5, 0.6) is 11.5 Å². The zero-order valence-electron chi connectivity index (χ0n) is 15.3. The number of nitrogens with one attached hydrogen (secondary N) is 2. The SMILES string of the molecule is CCOc1ccc(OCC)c(NC(=S)Nc2cccc(C(C)C)c2)c1. The Morgan fingerprint density at radius 1 is 1.00 bits per heavy atom. The van der Waals surface area contributed by atoms with Crippen LogP contribution in [0.3, 0.4) is 0 Å². The minimum atomic E-state index is 0.468. The lowest BCUT2D eigenvalue weighted by atomic mass is 10.0. The lowest BCUT2D eigenvalue weighted by Gasteiger charge is -2.16. The van der Waals surface area contributed by atoms with Crippen LogP contribution in [0, 0.1) is 0 Å². The van der Waals surface area contributed by atoms with Gasteiger partial charge in [0.25, 0.3) is 0 Å². The van der Waals surface area contributed by atoms with Gasteiger partial charge < -0.3 is 20.1 Å². The van der Waals surface area contributed by atoms with E-state index in [9.17, 15) is 0 Å². The molecule has 0 bridgehead atoms. The fraction of sp³-hybridized carbons (Fsp3) is 0.350. The predicted molar refractivity (Wildman–Crippen MR) is 109 cm³/mol. The molecule has 0 amide bonds. The second-order valence-corrected chi connectivity index (χ2v) is 6.29. The molecule has 0 aliphatic rings. The number of anilines is 2. The van der Waals surface area contributed by atoms with Gasteiger partial charge in [0.2, 0.25) is 0 Å². The molecule has 0 heterocycles. The van der Waals surface area contributed by atoms with Gasteiger partial charge in [-0.25, -0.2) is 0 Å². The van der Waals surface area contributed by atoms with Crippen molar-refractivity contribution in [3.63, 3.8) is 0 Å². The van der Waals surface area contributed by atoms with Crippen molar-refractivity contribution in [2.24, 2.45) is 0 Å². The highest BCUT2D eigenvalue weighted by atomic mass is 32.1. The molecule has 2 N–H and O–H groups in total. The molecule has 0 spiro atoms. The maximum absolute atomic E-state index is 5.67. The maximum Gasteiger partial charge on any atom is 0.175 e. The second kappa shape index (κ2) is 9.28. The van der Waals surface area contributed by atoms with Gasteiger partial charge in [0.15, 0.2) is 5.11 Å². The molecule has 25 heavy (non-hydrogen) atoms. The first-order chi connectivity index (χ1) is 12.0. The predicted octanol–water partition coefficient (Wildman–Crippen LogP) is 5.42. The average Bonchev–Trinajstić information content (AvgIpc) is 2.57. The van der Waals surface area contributed by atoms with Crippen molar-refractivity contribution >= 4 is 28.7 Å². The molecule has 0 aliphatic carbocycles. The zero-order valence-corrected chi connectivity index (χ0v) is 16.1. The van der Waals surface area contributed by atoms with Gasteiger partial charge in [-0.05, 0) is 61.8 Å². The Bertz CT molecular complexity index is 717. The highest BCUT2D eigenvalue weighted by Crippen LogP contribution is 2.29. The topological polar surface area (TPSA) is 42.5 Å². The molecule has 4 nitrogen and oxygen atoms in total. The molecule has 0 atom stereocenters.